The Balaban J connectivity index is 2.42. The average Bonchev–Trinajstić information content (AvgIpc) is 2.50. The van der Waals surface area contributed by atoms with Crippen molar-refractivity contribution in [3.63, 3.8) is 0 Å². The second-order valence-electron chi connectivity index (χ2n) is 3.65. The Morgan fingerprint density at radius 3 is 2.69 bits per heavy atom. The molecule has 78 valence electrons. The lowest BCUT2D eigenvalue weighted by atomic mass is 9.97. The first-order valence-electron chi connectivity index (χ1n) is 4.54. The zero-order valence-corrected chi connectivity index (χ0v) is 8.77. The van der Waals surface area contributed by atoms with E-state index in [0.717, 1.165) is 6.42 Å². The van der Waals surface area contributed by atoms with Crippen LogP contribution in [0.4, 0.5) is 0 Å². The van der Waals surface area contributed by atoms with Crippen LogP contribution in [0.25, 0.3) is 0 Å². The molecular weight excluding hydrogens is 190 g/mol. The highest BCUT2D eigenvalue weighted by Crippen LogP contribution is 2.20. The number of rotatable bonds is 4. The highest BCUT2D eigenvalue weighted by Gasteiger charge is 2.31. The predicted octanol–water partition coefficient (Wildman–Crippen LogP) is -0.0710. The summed E-state index contributed by atoms with van der Waals surface area (Å²) in [5, 5.41) is 0. The number of hydrogen-bond donors (Lipinski definition) is 1. The van der Waals surface area contributed by atoms with Crippen LogP contribution in [-0.2, 0) is 14.6 Å². The van der Waals surface area contributed by atoms with Gasteiger partial charge in [0.05, 0.1) is 12.4 Å². The smallest absolute Gasteiger partial charge is 0.150 e. The first-order chi connectivity index (χ1) is 5.97. The van der Waals surface area contributed by atoms with Gasteiger partial charge >= 0.3 is 0 Å². The van der Waals surface area contributed by atoms with Gasteiger partial charge in [0.2, 0.25) is 0 Å². The first-order valence-corrected chi connectivity index (χ1v) is 6.37. The van der Waals surface area contributed by atoms with Crippen molar-refractivity contribution in [2.24, 2.45) is 5.73 Å². The number of ether oxygens (including phenoxy) is 1. The molecule has 0 aromatic heterocycles. The molecule has 0 amide bonds. The summed E-state index contributed by atoms with van der Waals surface area (Å²) in [6.45, 7) is 2.80. The van der Waals surface area contributed by atoms with Gasteiger partial charge in [0.1, 0.15) is 9.84 Å². The van der Waals surface area contributed by atoms with E-state index in [2.05, 4.69) is 0 Å². The summed E-state index contributed by atoms with van der Waals surface area (Å²) in [6.07, 6.45) is 1.29. The Kier molecular flexibility index (Phi) is 3.32. The Morgan fingerprint density at radius 2 is 2.23 bits per heavy atom. The largest absolute Gasteiger partial charge is 0.379 e. The van der Waals surface area contributed by atoms with E-state index < -0.39 is 15.4 Å². The van der Waals surface area contributed by atoms with Crippen molar-refractivity contribution in [3.8, 4) is 0 Å². The molecule has 1 heterocycles. The van der Waals surface area contributed by atoms with E-state index in [1.807, 2.05) is 0 Å². The highest BCUT2D eigenvalue weighted by molar-refractivity contribution is 7.91. The third-order valence-electron chi connectivity index (χ3n) is 2.48. The molecule has 1 saturated heterocycles. The van der Waals surface area contributed by atoms with Gasteiger partial charge in [0, 0.05) is 17.9 Å². The molecule has 0 spiro atoms. The molecule has 1 atom stereocenters. The lowest BCUT2D eigenvalue weighted by Gasteiger charge is -2.20. The minimum atomic E-state index is -2.88. The summed E-state index contributed by atoms with van der Waals surface area (Å²) in [5.41, 5.74) is 5.53. The summed E-state index contributed by atoms with van der Waals surface area (Å²) < 4.78 is 27.5. The maximum atomic E-state index is 11.2. The summed E-state index contributed by atoms with van der Waals surface area (Å²) in [4.78, 5) is 0. The van der Waals surface area contributed by atoms with Gasteiger partial charge in [-0.05, 0) is 12.8 Å². The summed E-state index contributed by atoms with van der Waals surface area (Å²) in [7, 11) is -2.88. The minimum Gasteiger partial charge on any atom is -0.379 e. The van der Waals surface area contributed by atoms with Crippen LogP contribution in [0.5, 0.6) is 0 Å². The van der Waals surface area contributed by atoms with E-state index in [4.69, 9.17) is 10.5 Å². The molecule has 0 bridgehead atoms. The molecule has 1 aliphatic heterocycles. The summed E-state index contributed by atoms with van der Waals surface area (Å²) in [5.74, 6) is 0.382. The molecule has 1 fully saturated rings. The zero-order chi connectivity index (χ0) is 9.95. The van der Waals surface area contributed by atoms with Crippen LogP contribution < -0.4 is 5.73 Å². The van der Waals surface area contributed by atoms with Gasteiger partial charge in [-0.2, -0.15) is 0 Å². The molecule has 5 heteroatoms. The monoisotopic (exact) mass is 207 g/mol. The fourth-order valence-electron chi connectivity index (χ4n) is 1.32. The fraction of sp³-hybridized carbons (Fsp3) is 1.00. The van der Waals surface area contributed by atoms with Gasteiger partial charge in [0.15, 0.2) is 0 Å². The van der Waals surface area contributed by atoms with Crippen molar-refractivity contribution in [2.75, 3.05) is 24.7 Å². The van der Waals surface area contributed by atoms with Crippen LogP contribution in [0, 0.1) is 0 Å². The molecule has 1 aliphatic rings. The van der Waals surface area contributed by atoms with Crippen LogP contribution in [0.2, 0.25) is 0 Å². The van der Waals surface area contributed by atoms with Crippen molar-refractivity contribution in [1.82, 2.24) is 0 Å². The Hall–Kier alpha value is -0.130. The van der Waals surface area contributed by atoms with Crippen LogP contribution >= 0.6 is 0 Å². The van der Waals surface area contributed by atoms with Crippen LogP contribution in [0.1, 0.15) is 19.8 Å². The standard InChI is InChI=1S/C8H17NO3S/c1-2-13(10,11)6-4-8(9)3-5-12-7-8/h2-7,9H2,1H3. The zero-order valence-electron chi connectivity index (χ0n) is 7.95. The van der Waals surface area contributed by atoms with Crippen molar-refractivity contribution in [2.45, 2.75) is 25.3 Å². The highest BCUT2D eigenvalue weighted by atomic mass is 32.2. The van der Waals surface area contributed by atoms with Gasteiger partial charge in [-0.1, -0.05) is 6.92 Å². The molecule has 0 aromatic rings. The third-order valence-corrected chi connectivity index (χ3v) is 4.19. The summed E-state index contributed by atoms with van der Waals surface area (Å²) >= 11 is 0. The van der Waals surface area contributed by atoms with E-state index in [0.29, 0.717) is 19.6 Å². The fourth-order valence-corrected chi connectivity index (χ4v) is 2.33. The third kappa shape index (κ3) is 3.25. The van der Waals surface area contributed by atoms with Crippen molar-refractivity contribution in [3.05, 3.63) is 0 Å². The quantitative estimate of drug-likeness (QED) is 0.700. The van der Waals surface area contributed by atoms with Gasteiger partial charge < -0.3 is 10.5 Å². The maximum absolute atomic E-state index is 11.2. The number of sulfone groups is 1. The molecule has 1 unspecified atom stereocenters. The minimum absolute atomic E-state index is 0.184. The maximum Gasteiger partial charge on any atom is 0.150 e. The molecule has 4 nitrogen and oxygen atoms in total. The second kappa shape index (κ2) is 3.94. The molecule has 0 saturated carbocycles. The Labute approximate surface area is 79.4 Å². The summed E-state index contributed by atoms with van der Waals surface area (Å²) in [6, 6.07) is 0. The number of nitrogens with two attached hydrogens (primary N) is 1. The van der Waals surface area contributed by atoms with E-state index in [1.54, 1.807) is 6.92 Å². The van der Waals surface area contributed by atoms with Crippen molar-refractivity contribution < 1.29 is 13.2 Å². The van der Waals surface area contributed by atoms with Gasteiger partial charge in [-0.15, -0.1) is 0 Å². The van der Waals surface area contributed by atoms with E-state index in [1.165, 1.54) is 0 Å². The van der Waals surface area contributed by atoms with Gasteiger partial charge in [-0.25, -0.2) is 8.42 Å². The van der Waals surface area contributed by atoms with Gasteiger partial charge in [0.25, 0.3) is 0 Å². The lowest BCUT2D eigenvalue weighted by molar-refractivity contribution is 0.177. The molecule has 2 N–H and O–H groups in total. The normalized spacial score (nSPS) is 29.4. The molecule has 0 radical (unpaired) electrons. The number of hydrogen-bond acceptors (Lipinski definition) is 4. The Morgan fingerprint density at radius 1 is 1.54 bits per heavy atom. The van der Waals surface area contributed by atoms with Gasteiger partial charge in [-0.3, -0.25) is 0 Å². The molecule has 1 rings (SSSR count). The van der Waals surface area contributed by atoms with E-state index >= 15 is 0 Å². The predicted molar refractivity (Wildman–Crippen MR) is 51.3 cm³/mol. The van der Waals surface area contributed by atoms with E-state index in [9.17, 15) is 8.42 Å². The second-order valence-corrected chi connectivity index (χ2v) is 6.12. The van der Waals surface area contributed by atoms with Crippen LogP contribution in [0.3, 0.4) is 0 Å². The van der Waals surface area contributed by atoms with Crippen LogP contribution in [0.15, 0.2) is 0 Å². The molecular formula is C8H17NO3S. The van der Waals surface area contributed by atoms with Crippen LogP contribution in [-0.4, -0.2) is 38.7 Å². The SMILES string of the molecule is CCS(=O)(=O)CCC1(N)CCOC1. The Bertz CT molecular complexity index is 255. The van der Waals surface area contributed by atoms with Crippen molar-refractivity contribution >= 4 is 9.84 Å². The average molecular weight is 207 g/mol. The topological polar surface area (TPSA) is 69.4 Å². The lowest BCUT2D eigenvalue weighted by Crippen LogP contribution is -2.42. The molecule has 13 heavy (non-hydrogen) atoms. The molecule has 0 aliphatic carbocycles. The molecule has 0 aromatic carbocycles. The van der Waals surface area contributed by atoms with E-state index in [-0.39, 0.29) is 11.5 Å². The first kappa shape index (κ1) is 10.9. The van der Waals surface area contributed by atoms with Crippen molar-refractivity contribution in [1.29, 1.82) is 0 Å².